The Hall–Kier alpha value is -2.61. The molecule has 0 atom stereocenters. The molecule has 0 bridgehead atoms. The molecule has 3 aromatic rings. The molecule has 0 aliphatic carbocycles. The molecule has 8 heteroatoms. The van der Waals surface area contributed by atoms with Crippen molar-refractivity contribution in [2.45, 2.75) is 13.7 Å². The number of aryl methyl sites for hydroxylation is 1. The summed E-state index contributed by atoms with van der Waals surface area (Å²) in [6.07, 6.45) is 3.31. The number of aromatic nitrogens is 4. The van der Waals surface area contributed by atoms with E-state index in [-0.39, 0.29) is 12.6 Å². The molecule has 0 aliphatic rings. The lowest BCUT2D eigenvalue weighted by atomic mass is 10.3. The second kappa shape index (κ2) is 6.88. The highest BCUT2D eigenvalue weighted by atomic mass is 79.9. The van der Waals surface area contributed by atoms with Crippen molar-refractivity contribution in [2.24, 2.45) is 7.05 Å². The third kappa shape index (κ3) is 3.65. The molecular formula is C16H16BrN5O2. The molecule has 0 aliphatic heterocycles. The van der Waals surface area contributed by atoms with Crippen molar-refractivity contribution in [1.29, 1.82) is 0 Å². The molecular weight excluding hydrogens is 374 g/mol. The van der Waals surface area contributed by atoms with Gasteiger partial charge in [-0.25, -0.2) is 4.68 Å². The highest BCUT2D eigenvalue weighted by molar-refractivity contribution is 9.10. The number of nitrogens with zero attached hydrogens (tertiary/aromatic N) is 4. The van der Waals surface area contributed by atoms with Gasteiger partial charge in [-0.1, -0.05) is 15.9 Å². The number of carbonyl (C=O) groups excluding carboxylic acids is 1. The number of benzene rings is 1. The number of hydrogen-bond donors (Lipinski definition) is 1. The third-order valence-electron chi connectivity index (χ3n) is 3.53. The van der Waals surface area contributed by atoms with Crippen molar-refractivity contribution in [1.82, 2.24) is 19.6 Å². The minimum Gasteiger partial charge on any atom is -0.471 e. The van der Waals surface area contributed by atoms with Crippen LogP contribution < -0.4 is 10.1 Å². The van der Waals surface area contributed by atoms with Gasteiger partial charge in [0.25, 0.3) is 5.91 Å². The van der Waals surface area contributed by atoms with E-state index in [9.17, 15) is 4.79 Å². The number of amides is 1. The maximum absolute atomic E-state index is 12.2. The van der Waals surface area contributed by atoms with Crippen LogP contribution in [0.1, 0.15) is 16.2 Å². The highest BCUT2D eigenvalue weighted by Gasteiger charge is 2.13. The maximum Gasteiger partial charge on any atom is 0.276 e. The van der Waals surface area contributed by atoms with Crippen LogP contribution in [0.2, 0.25) is 0 Å². The summed E-state index contributed by atoms with van der Waals surface area (Å²) in [4.78, 5) is 12.2. The van der Waals surface area contributed by atoms with Crippen LogP contribution in [-0.4, -0.2) is 25.5 Å². The molecule has 2 heterocycles. The number of hydrogen-bond acceptors (Lipinski definition) is 4. The summed E-state index contributed by atoms with van der Waals surface area (Å²) in [7, 11) is 1.82. The van der Waals surface area contributed by atoms with Crippen LogP contribution in [0.5, 0.6) is 5.75 Å². The number of ether oxygens (including phenoxy) is 1. The van der Waals surface area contributed by atoms with E-state index in [4.69, 9.17) is 4.74 Å². The zero-order chi connectivity index (χ0) is 17.1. The topological polar surface area (TPSA) is 74.0 Å². The highest BCUT2D eigenvalue weighted by Crippen LogP contribution is 2.16. The van der Waals surface area contributed by atoms with Gasteiger partial charge in [-0.05, 0) is 37.3 Å². The first-order valence-corrected chi connectivity index (χ1v) is 8.04. The molecule has 24 heavy (non-hydrogen) atoms. The van der Waals surface area contributed by atoms with Gasteiger partial charge in [0.05, 0.1) is 17.6 Å². The number of anilines is 1. The predicted molar refractivity (Wildman–Crippen MR) is 92.9 cm³/mol. The maximum atomic E-state index is 12.2. The summed E-state index contributed by atoms with van der Waals surface area (Å²) in [6.45, 7) is 2.11. The molecule has 1 N–H and O–H groups in total. The van der Waals surface area contributed by atoms with Gasteiger partial charge in [0.1, 0.15) is 5.75 Å². The molecule has 0 spiro atoms. The summed E-state index contributed by atoms with van der Waals surface area (Å²) in [5, 5.41) is 11.1. The van der Waals surface area contributed by atoms with Gasteiger partial charge in [-0.15, -0.1) is 0 Å². The average molecular weight is 390 g/mol. The molecule has 2 aromatic heterocycles. The Morgan fingerprint density at radius 1 is 1.29 bits per heavy atom. The van der Waals surface area contributed by atoms with Crippen LogP contribution in [0.25, 0.3) is 0 Å². The van der Waals surface area contributed by atoms with Gasteiger partial charge in [-0.2, -0.15) is 10.2 Å². The minimum atomic E-state index is -0.284. The van der Waals surface area contributed by atoms with Crippen molar-refractivity contribution in [2.75, 3.05) is 5.32 Å². The van der Waals surface area contributed by atoms with Gasteiger partial charge >= 0.3 is 0 Å². The number of rotatable bonds is 5. The van der Waals surface area contributed by atoms with Crippen molar-refractivity contribution in [3.63, 3.8) is 0 Å². The Morgan fingerprint density at radius 3 is 2.71 bits per heavy atom. The first-order chi connectivity index (χ1) is 11.5. The van der Waals surface area contributed by atoms with E-state index >= 15 is 0 Å². The number of nitrogens with one attached hydrogen (secondary N) is 1. The SMILES string of the molecule is Cc1c(NC(=O)c2ccn(COc3ccc(Br)cc3)n2)cnn1C. The number of carbonyl (C=O) groups is 1. The minimum absolute atomic E-state index is 0.223. The molecule has 0 saturated heterocycles. The van der Waals surface area contributed by atoms with Crippen LogP contribution in [0, 0.1) is 6.92 Å². The molecule has 0 unspecified atom stereocenters. The lowest BCUT2D eigenvalue weighted by molar-refractivity contribution is 0.102. The predicted octanol–water partition coefficient (Wildman–Crippen LogP) is 2.98. The van der Waals surface area contributed by atoms with Gasteiger partial charge in [0.15, 0.2) is 12.4 Å². The standard InChI is InChI=1S/C16H16BrN5O2/c1-11-15(9-18-21(11)2)19-16(23)14-7-8-22(20-14)10-24-13-5-3-12(17)4-6-13/h3-9H,10H2,1-2H3,(H,19,23). The summed E-state index contributed by atoms with van der Waals surface area (Å²) >= 11 is 3.37. The molecule has 1 amide bonds. The Bertz CT molecular complexity index is 854. The van der Waals surface area contributed by atoms with E-state index in [0.717, 1.165) is 15.9 Å². The molecule has 124 valence electrons. The summed E-state index contributed by atoms with van der Waals surface area (Å²) in [5.74, 6) is 0.444. The van der Waals surface area contributed by atoms with E-state index < -0.39 is 0 Å². The lowest BCUT2D eigenvalue weighted by Gasteiger charge is -2.06. The van der Waals surface area contributed by atoms with E-state index in [1.807, 2.05) is 38.2 Å². The van der Waals surface area contributed by atoms with Crippen molar-refractivity contribution < 1.29 is 9.53 Å². The largest absolute Gasteiger partial charge is 0.471 e. The van der Waals surface area contributed by atoms with Crippen molar-refractivity contribution >= 4 is 27.5 Å². The first kappa shape index (κ1) is 16.3. The second-order valence-corrected chi connectivity index (χ2v) is 6.10. The molecule has 0 fully saturated rings. The van der Waals surface area contributed by atoms with Crippen molar-refractivity contribution in [3.8, 4) is 5.75 Å². The Balaban J connectivity index is 1.61. The zero-order valence-electron chi connectivity index (χ0n) is 13.2. The monoisotopic (exact) mass is 389 g/mol. The van der Waals surface area contributed by atoms with E-state index in [0.29, 0.717) is 11.4 Å². The smallest absolute Gasteiger partial charge is 0.276 e. The van der Waals surface area contributed by atoms with Crippen LogP contribution in [0.4, 0.5) is 5.69 Å². The van der Waals surface area contributed by atoms with Gasteiger partial charge < -0.3 is 10.1 Å². The Kier molecular flexibility index (Phi) is 4.66. The Labute approximate surface area is 147 Å². The first-order valence-electron chi connectivity index (χ1n) is 7.25. The third-order valence-corrected chi connectivity index (χ3v) is 4.06. The molecule has 7 nitrogen and oxygen atoms in total. The summed E-state index contributed by atoms with van der Waals surface area (Å²) in [6, 6.07) is 9.14. The van der Waals surface area contributed by atoms with Gasteiger partial charge in [-0.3, -0.25) is 9.48 Å². The molecule has 0 radical (unpaired) electrons. The quantitative estimate of drug-likeness (QED) is 0.727. The fraction of sp³-hybridized carbons (Fsp3) is 0.188. The lowest BCUT2D eigenvalue weighted by Crippen LogP contribution is -2.14. The fourth-order valence-corrected chi connectivity index (χ4v) is 2.30. The fourth-order valence-electron chi connectivity index (χ4n) is 2.03. The summed E-state index contributed by atoms with van der Waals surface area (Å²) < 4.78 is 9.86. The second-order valence-electron chi connectivity index (χ2n) is 5.19. The molecule has 3 rings (SSSR count). The number of halogens is 1. The van der Waals surface area contributed by atoms with Crippen LogP contribution >= 0.6 is 15.9 Å². The van der Waals surface area contributed by atoms with Crippen molar-refractivity contribution in [3.05, 3.63) is 58.6 Å². The van der Waals surface area contributed by atoms with Crippen LogP contribution in [0.3, 0.4) is 0 Å². The zero-order valence-corrected chi connectivity index (χ0v) is 14.8. The van der Waals surface area contributed by atoms with E-state index in [1.54, 1.807) is 27.8 Å². The normalized spacial score (nSPS) is 10.6. The van der Waals surface area contributed by atoms with E-state index in [1.165, 1.54) is 0 Å². The molecule has 0 saturated carbocycles. The average Bonchev–Trinajstić information content (AvgIpc) is 3.17. The van der Waals surface area contributed by atoms with Gasteiger partial charge in [0, 0.05) is 17.7 Å². The van der Waals surface area contributed by atoms with Crippen LogP contribution in [0.15, 0.2) is 47.2 Å². The Morgan fingerprint density at radius 2 is 2.04 bits per heavy atom. The van der Waals surface area contributed by atoms with Gasteiger partial charge in [0.2, 0.25) is 0 Å². The van der Waals surface area contributed by atoms with E-state index in [2.05, 4.69) is 31.4 Å². The molecule has 1 aromatic carbocycles. The summed E-state index contributed by atoms with van der Waals surface area (Å²) in [5.41, 5.74) is 1.86. The van der Waals surface area contributed by atoms with Crippen LogP contribution in [-0.2, 0) is 13.8 Å².